The first-order chi connectivity index (χ1) is 14.3. The first kappa shape index (κ1) is 16.8. The van der Waals surface area contributed by atoms with Crippen molar-refractivity contribution in [1.29, 1.82) is 5.26 Å². The number of fused-ring (bicyclic) bond motifs is 3. The Morgan fingerprint density at radius 3 is 2.86 bits per heavy atom. The minimum absolute atomic E-state index is 0.334. The number of nitrogens with zero attached hydrogens (tertiary/aromatic N) is 5. The van der Waals surface area contributed by atoms with Gasteiger partial charge in [-0.15, -0.1) is 0 Å². The zero-order chi connectivity index (χ0) is 19.4. The van der Waals surface area contributed by atoms with Gasteiger partial charge in [-0.3, -0.25) is 0 Å². The zero-order valence-corrected chi connectivity index (χ0v) is 16.1. The highest BCUT2D eigenvalue weighted by molar-refractivity contribution is 6.01. The van der Waals surface area contributed by atoms with E-state index in [1.165, 1.54) is 12.8 Å². The van der Waals surface area contributed by atoms with Gasteiger partial charge in [0, 0.05) is 30.0 Å². The minimum Gasteiger partial charge on any atom is -0.361 e. The Hall–Kier alpha value is -3.08. The molecular formula is C21H23N7O. The maximum atomic E-state index is 9.05. The first-order valence-electron chi connectivity index (χ1n) is 10.5. The predicted octanol–water partition coefficient (Wildman–Crippen LogP) is 3.90. The van der Waals surface area contributed by atoms with Crippen molar-refractivity contribution in [3.63, 3.8) is 0 Å². The van der Waals surface area contributed by atoms with Crippen LogP contribution in [0.5, 0.6) is 0 Å². The Labute approximate surface area is 167 Å². The van der Waals surface area contributed by atoms with Crippen LogP contribution in [0.2, 0.25) is 0 Å². The van der Waals surface area contributed by atoms with Crippen molar-refractivity contribution in [3.8, 4) is 6.07 Å². The van der Waals surface area contributed by atoms with Crippen molar-refractivity contribution in [3.05, 3.63) is 24.3 Å². The summed E-state index contributed by atoms with van der Waals surface area (Å²) in [5.74, 6) is 2.85. The number of nitrogens with one attached hydrogen (secondary N) is 2. The predicted molar refractivity (Wildman–Crippen MR) is 108 cm³/mol. The number of pyridine rings is 1. The summed E-state index contributed by atoms with van der Waals surface area (Å²) in [6.07, 6.45) is 10.6. The van der Waals surface area contributed by atoms with Crippen LogP contribution >= 0.6 is 0 Å². The first-order valence-corrected chi connectivity index (χ1v) is 10.5. The molecule has 8 nitrogen and oxygen atoms in total. The highest BCUT2D eigenvalue weighted by Crippen LogP contribution is 2.40. The molecule has 1 aliphatic heterocycles. The van der Waals surface area contributed by atoms with E-state index >= 15 is 0 Å². The van der Waals surface area contributed by atoms with Crippen LogP contribution in [0.4, 0.5) is 0 Å². The van der Waals surface area contributed by atoms with Gasteiger partial charge in [0.25, 0.3) is 6.23 Å². The number of amidine groups is 1. The average Bonchev–Trinajstić information content (AvgIpc) is 3.16. The lowest BCUT2D eigenvalue weighted by Gasteiger charge is -2.30. The third-order valence-corrected chi connectivity index (χ3v) is 6.56. The number of imidazole rings is 1. The van der Waals surface area contributed by atoms with E-state index in [1.54, 1.807) is 0 Å². The molecule has 0 saturated heterocycles. The lowest BCUT2D eigenvalue weighted by atomic mass is 9.84. The van der Waals surface area contributed by atoms with Gasteiger partial charge in [-0.1, -0.05) is 5.16 Å². The molecule has 148 valence electrons. The number of H-pyrrole nitrogens is 1. The lowest BCUT2D eigenvalue weighted by Crippen LogP contribution is -2.28. The van der Waals surface area contributed by atoms with Crippen molar-refractivity contribution < 1.29 is 4.84 Å². The standard InChI is InChI=1S/C21H23N7O/c22-9-7-12-1-5-14(6-2-12)28-17-15-8-10-23-19(15)24-11-16(17)25-20(28)21-26-18(27-29-21)13-3-4-13/h8,10-14,21H,1-7H2,(H,23,24)(H,26,27). The average molecular weight is 389 g/mol. The second kappa shape index (κ2) is 6.48. The second-order valence-electron chi connectivity index (χ2n) is 8.49. The van der Waals surface area contributed by atoms with Crippen molar-refractivity contribution in [2.24, 2.45) is 17.0 Å². The van der Waals surface area contributed by atoms with Crippen LogP contribution in [0.3, 0.4) is 0 Å². The Bertz CT molecular complexity index is 1140. The minimum atomic E-state index is -0.358. The summed E-state index contributed by atoms with van der Waals surface area (Å²) in [5, 5.41) is 17.9. The Morgan fingerprint density at radius 1 is 1.21 bits per heavy atom. The topological polar surface area (TPSA) is 104 Å². The van der Waals surface area contributed by atoms with Crippen molar-refractivity contribution >= 4 is 27.9 Å². The van der Waals surface area contributed by atoms with Crippen molar-refractivity contribution in [2.75, 3.05) is 0 Å². The molecule has 2 fully saturated rings. The maximum absolute atomic E-state index is 9.05. The van der Waals surface area contributed by atoms with Crippen molar-refractivity contribution in [1.82, 2.24) is 24.8 Å². The van der Waals surface area contributed by atoms with Crippen LogP contribution in [-0.2, 0) is 4.84 Å². The van der Waals surface area contributed by atoms with Crippen LogP contribution < -0.4 is 5.32 Å². The summed E-state index contributed by atoms with van der Waals surface area (Å²) in [4.78, 5) is 18.5. The molecule has 3 aliphatic rings. The number of hydrogen-bond acceptors (Lipinski definition) is 6. The van der Waals surface area contributed by atoms with E-state index in [1.807, 2.05) is 12.4 Å². The van der Waals surface area contributed by atoms with Crippen LogP contribution in [0.1, 0.15) is 63.0 Å². The molecule has 0 amide bonds. The molecule has 3 aromatic rings. The Balaban J connectivity index is 1.42. The van der Waals surface area contributed by atoms with Gasteiger partial charge in [-0.05, 0) is 50.5 Å². The van der Waals surface area contributed by atoms with E-state index in [4.69, 9.17) is 15.1 Å². The van der Waals surface area contributed by atoms with Crippen LogP contribution in [0, 0.1) is 23.2 Å². The molecule has 6 rings (SSSR count). The largest absolute Gasteiger partial charge is 0.361 e. The van der Waals surface area contributed by atoms with Gasteiger partial charge in [-0.25, -0.2) is 9.97 Å². The molecular weight excluding hydrogens is 366 g/mol. The summed E-state index contributed by atoms with van der Waals surface area (Å²) in [7, 11) is 0. The van der Waals surface area contributed by atoms with E-state index in [9.17, 15) is 0 Å². The highest BCUT2D eigenvalue weighted by Gasteiger charge is 2.37. The van der Waals surface area contributed by atoms with Crippen LogP contribution in [0.15, 0.2) is 23.6 Å². The van der Waals surface area contributed by atoms with E-state index < -0.39 is 0 Å². The summed E-state index contributed by atoms with van der Waals surface area (Å²) in [6, 6.07) is 4.74. The Kier molecular flexibility index (Phi) is 3.76. The number of nitriles is 1. The second-order valence-corrected chi connectivity index (χ2v) is 8.49. The number of hydrogen-bond donors (Lipinski definition) is 2. The van der Waals surface area contributed by atoms with Crippen LogP contribution in [-0.4, -0.2) is 25.4 Å². The highest BCUT2D eigenvalue weighted by atomic mass is 16.7. The summed E-state index contributed by atoms with van der Waals surface area (Å²) < 4.78 is 2.36. The third kappa shape index (κ3) is 2.76. The molecule has 0 spiro atoms. The molecule has 29 heavy (non-hydrogen) atoms. The van der Waals surface area contributed by atoms with Gasteiger partial charge in [0.2, 0.25) is 0 Å². The Morgan fingerprint density at radius 2 is 2.07 bits per heavy atom. The molecule has 0 bridgehead atoms. The van der Waals surface area contributed by atoms with Gasteiger partial charge >= 0.3 is 0 Å². The fourth-order valence-electron chi connectivity index (χ4n) is 4.86. The summed E-state index contributed by atoms with van der Waals surface area (Å²) >= 11 is 0. The molecule has 1 unspecified atom stereocenters. The molecule has 2 aliphatic carbocycles. The van der Waals surface area contributed by atoms with E-state index in [0.717, 1.165) is 59.4 Å². The fraction of sp³-hybridized carbons (Fsp3) is 0.524. The molecule has 8 heteroatoms. The smallest absolute Gasteiger partial charge is 0.257 e. The number of oxime groups is 1. The molecule has 1 atom stereocenters. The number of aromatic nitrogens is 4. The SMILES string of the molecule is N#CCC1CCC(n2c(C3NC(C4CC4)=NO3)nc3cnc4[nH]ccc4c32)CC1. The monoisotopic (exact) mass is 389 g/mol. The van der Waals surface area contributed by atoms with E-state index in [0.29, 0.717) is 24.3 Å². The summed E-state index contributed by atoms with van der Waals surface area (Å²) in [6.45, 7) is 0. The zero-order valence-electron chi connectivity index (χ0n) is 16.1. The fourth-order valence-corrected chi connectivity index (χ4v) is 4.86. The summed E-state index contributed by atoms with van der Waals surface area (Å²) in [5.41, 5.74) is 2.87. The lowest BCUT2D eigenvalue weighted by molar-refractivity contribution is 0.0615. The third-order valence-electron chi connectivity index (χ3n) is 6.56. The molecule has 0 aromatic carbocycles. The molecule has 3 aromatic heterocycles. The van der Waals surface area contributed by atoms with E-state index in [-0.39, 0.29) is 6.23 Å². The number of rotatable bonds is 4. The van der Waals surface area contributed by atoms with E-state index in [2.05, 4.69) is 37.1 Å². The molecule has 2 N–H and O–H groups in total. The number of aromatic amines is 1. The van der Waals surface area contributed by atoms with Gasteiger partial charge < -0.3 is 19.7 Å². The molecule has 0 radical (unpaired) electrons. The van der Waals surface area contributed by atoms with Gasteiger partial charge in [-0.2, -0.15) is 5.26 Å². The van der Waals surface area contributed by atoms with Crippen molar-refractivity contribution in [2.45, 2.75) is 57.2 Å². The normalized spacial score (nSPS) is 26.9. The van der Waals surface area contributed by atoms with Crippen LogP contribution in [0.25, 0.3) is 22.1 Å². The van der Waals surface area contributed by atoms with Gasteiger partial charge in [0.15, 0.2) is 5.82 Å². The van der Waals surface area contributed by atoms with Gasteiger partial charge in [0.1, 0.15) is 17.0 Å². The van der Waals surface area contributed by atoms with Gasteiger partial charge in [0.05, 0.1) is 17.8 Å². The molecule has 2 saturated carbocycles. The molecule has 4 heterocycles. The maximum Gasteiger partial charge on any atom is 0.257 e. The quantitative estimate of drug-likeness (QED) is 0.704.